The number of halogens is 2. The number of carbonyl (C=O) groups excluding carboxylic acids is 1. The Morgan fingerprint density at radius 1 is 1.39 bits per heavy atom. The molecule has 1 saturated heterocycles. The monoisotopic (exact) mass is 393 g/mol. The molecule has 1 fully saturated rings. The van der Waals surface area contributed by atoms with E-state index in [1.807, 2.05) is 24.3 Å². The van der Waals surface area contributed by atoms with Gasteiger partial charge in [0.25, 0.3) is 5.91 Å². The molecule has 6 heteroatoms. The predicted molar refractivity (Wildman–Crippen MR) is 96.1 cm³/mol. The molecule has 4 nitrogen and oxygen atoms in total. The lowest BCUT2D eigenvalue weighted by Crippen LogP contribution is -2.40. The summed E-state index contributed by atoms with van der Waals surface area (Å²) in [6.45, 7) is 1.55. The van der Waals surface area contributed by atoms with E-state index in [2.05, 4.69) is 31.1 Å². The van der Waals surface area contributed by atoms with Crippen molar-refractivity contribution < 1.29 is 4.79 Å². The lowest BCUT2D eigenvalue weighted by molar-refractivity contribution is 0.0951. The first-order valence-electron chi connectivity index (χ1n) is 7.56. The molecule has 2 heterocycles. The Kier molecular flexibility index (Phi) is 5.18. The van der Waals surface area contributed by atoms with Gasteiger partial charge in [-0.25, -0.2) is 4.98 Å². The molecule has 2 aromatic rings. The highest BCUT2D eigenvalue weighted by atomic mass is 79.9. The molecular weight excluding hydrogens is 378 g/mol. The lowest BCUT2D eigenvalue weighted by Gasteiger charge is -2.26. The minimum atomic E-state index is -0.149. The van der Waals surface area contributed by atoms with E-state index in [0.29, 0.717) is 17.1 Å². The van der Waals surface area contributed by atoms with Gasteiger partial charge in [0.05, 0.1) is 10.6 Å². The summed E-state index contributed by atoms with van der Waals surface area (Å²) in [5.41, 5.74) is 0.489. The maximum atomic E-state index is 12.4. The number of pyridine rings is 1. The number of hydrogen-bond acceptors (Lipinski definition) is 3. The number of rotatable bonds is 4. The van der Waals surface area contributed by atoms with E-state index in [0.717, 1.165) is 29.7 Å². The van der Waals surface area contributed by atoms with Crippen molar-refractivity contribution in [1.82, 2.24) is 10.3 Å². The van der Waals surface area contributed by atoms with Crippen molar-refractivity contribution in [3.63, 3.8) is 0 Å². The molecule has 1 aromatic heterocycles. The molecule has 1 aliphatic rings. The molecule has 1 aromatic carbocycles. The predicted octanol–water partition coefficient (Wildman–Crippen LogP) is 3.90. The first-order chi connectivity index (χ1) is 11.1. The highest BCUT2D eigenvalue weighted by Gasteiger charge is 2.26. The van der Waals surface area contributed by atoms with Crippen molar-refractivity contribution in [2.75, 3.05) is 18.0 Å². The van der Waals surface area contributed by atoms with Gasteiger partial charge in [0, 0.05) is 29.8 Å². The molecule has 120 valence electrons. The average Bonchev–Trinajstić information content (AvgIpc) is 3.04. The molecule has 0 aliphatic carbocycles. The van der Waals surface area contributed by atoms with Crippen molar-refractivity contribution in [1.29, 1.82) is 0 Å². The van der Waals surface area contributed by atoms with Crippen LogP contribution in [0.15, 0.2) is 47.1 Å². The van der Waals surface area contributed by atoms with Crippen LogP contribution in [0.5, 0.6) is 0 Å². The molecular formula is C17H17BrClN3O. The maximum absolute atomic E-state index is 12.4. The normalized spacial score (nSPS) is 17.3. The van der Waals surface area contributed by atoms with Crippen molar-refractivity contribution in [2.24, 2.45) is 0 Å². The topological polar surface area (TPSA) is 45.2 Å². The third-order valence-electron chi connectivity index (χ3n) is 3.99. The van der Waals surface area contributed by atoms with Crippen molar-refractivity contribution in [3.8, 4) is 0 Å². The number of aromatic nitrogens is 1. The van der Waals surface area contributed by atoms with Crippen LogP contribution in [0.2, 0.25) is 5.02 Å². The van der Waals surface area contributed by atoms with E-state index >= 15 is 0 Å². The van der Waals surface area contributed by atoms with Gasteiger partial charge in [0.2, 0.25) is 0 Å². The minimum Gasteiger partial charge on any atom is -0.352 e. The Balaban J connectivity index is 1.65. The zero-order valence-corrected chi connectivity index (χ0v) is 14.8. The standard InChI is InChI=1S/C17H17BrClN3O/c18-12-6-7-15(19)14(10-12)17(23)21-11-13-4-3-9-22(13)16-5-1-2-8-20-16/h1-2,5-8,10,13H,3-4,9,11H2,(H,21,23)/t13-/m0/s1. The summed E-state index contributed by atoms with van der Waals surface area (Å²) in [6.07, 6.45) is 3.95. The van der Waals surface area contributed by atoms with Crippen LogP contribution >= 0.6 is 27.5 Å². The lowest BCUT2D eigenvalue weighted by atomic mass is 10.2. The highest BCUT2D eigenvalue weighted by molar-refractivity contribution is 9.10. The van der Waals surface area contributed by atoms with E-state index in [1.165, 1.54) is 0 Å². The fourth-order valence-corrected chi connectivity index (χ4v) is 3.41. The number of anilines is 1. The second kappa shape index (κ2) is 7.32. The summed E-state index contributed by atoms with van der Waals surface area (Å²) < 4.78 is 0.836. The van der Waals surface area contributed by atoms with Gasteiger partial charge < -0.3 is 10.2 Å². The summed E-state index contributed by atoms with van der Waals surface area (Å²) in [5, 5.41) is 3.45. The summed E-state index contributed by atoms with van der Waals surface area (Å²) >= 11 is 9.48. The second-order valence-corrected chi connectivity index (χ2v) is 6.83. The van der Waals surface area contributed by atoms with Gasteiger partial charge in [-0.15, -0.1) is 0 Å². The molecule has 0 spiro atoms. The number of carbonyl (C=O) groups is 1. The Morgan fingerprint density at radius 2 is 2.26 bits per heavy atom. The van der Waals surface area contributed by atoms with E-state index < -0.39 is 0 Å². The highest BCUT2D eigenvalue weighted by Crippen LogP contribution is 2.24. The van der Waals surface area contributed by atoms with Crippen LogP contribution in [0.1, 0.15) is 23.2 Å². The molecule has 1 amide bonds. The third-order valence-corrected chi connectivity index (χ3v) is 4.81. The zero-order chi connectivity index (χ0) is 16.2. The SMILES string of the molecule is O=C(NC[C@@H]1CCCN1c1ccccn1)c1cc(Br)ccc1Cl. The van der Waals surface area contributed by atoms with Crippen LogP contribution in [0.25, 0.3) is 0 Å². The molecule has 0 bridgehead atoms. The van der Waals surface area contributed by atoms with E-state index in [-0.39, 0.29) is 11.9 Å². The summed E-state index contributed by atoms with van der Waals surface area (Å²) in [6, 6.07) is 11.4. The van der Waals surface area contributed by atoms with Crippen LogP contribution in [0.4, 0.5) is 5.82 Å². The number of benzene rings is 1. The first-order valence-corrected chi connectivity index (χ1v) is 8.73. The quantitative estimate of drug-likeness (QED) is 0.855. The number of nitrogens with zero attached hydrogens (tertiary/aromatic N) is 2. The van der Waals surface area contributed by atoms with Gasteiger partial charge in [-0.1, -0.05) is 33.6 Å². The van der Waals surface area contributed by atoms with Crippen LogP contribution in [-0.4, -0.2) is 30.0 Å². The molecule has 1 aliphatic heterocycles. The summed E-state index contributed by atoms with van der Waals surface area (Å²) in [4.78, 5) is 19.0. The Bertz CT molecular complexity index is 695. The number of amides is 1. The Hall–Kier alpha value is -1.59. The maximum Gasteiger partial charge on any atom is 0.252 e. The molecule has 3 rings (SSSR count). The molecule has 23 heavy (non-hydrogen) atoms. The van der Waals surface area contributed by atoms with Gasteiger partial charge in [-0.3, -0.25) is 4.79 Å². The average molecular weight is 395 g/mol. The van der Waals surface area contributed by atoms with Gasteiger partial charge in [-0.2, -0.15) is 0 Å². The van der Waals surface area contributed by atoms with Crippen molar-refractivity contribution in [2.45, 2.75) is 18.9 Å². The minimum absolute atomic E-state index is 0.149. The van der Waals surface area contributed by atoms with Crippen LogP contribution in [-0.2, 0) is 0 Å². The fraction of sp³-hybridized carbons (Fsp3) is 0.294. The molecule has 0 unspecified atom stereocenters. The largest absolute Gasteiger partial charge is 0.352 e. The molecule has 1 atom stereocenters. The van der Waals surface area contributed by atoms with Gasteiger partial charge in [0.1, 0.15) is 5.82 Å². The van der Waals surface area contributed by atoms with Gasteiger partial charge >= 0.3 is 0 Å². The Labute approximate surface area is 149 Å². The zero-order valence-electron chi connectivity index (χ0n) is 12.5. The first kappa shape index (κ1) is 16.3. The van der Waals surface area contributed by atoms with E-state index in [9.17, 15) is 4.79 Å². The van der Waals surface area contributed by atoms with E-state index in [4.69, 9.17) is 11.6 Å². The summed E-state index contributed by atoms with van der Waals surface area (Å²) in [5.74, 6) is 0.814. The van der Waals surface area contributed by atoms with Crippen molar-refractivity contribution in [3.05, 3.63) is 57.7 Å². The summed E-state index contributed by atoms with van der Waals surface area (Å²) in [7, 11) is 0. The van der Waals surface area contributed by atoms with Crippen LogP contribution in [0, 0.1) is 0 Å². The van der Waals surface area contributed by atoms with Gasteiger partial charge in [-0.05, 0) is 43.2 Å². The molecule has 0 saturated carbocycles. The number of hydrogen-bond donors (Lipinski definition) is 1. The van der Waals surface area contributed by atoms with E-state index in [1.54, 1.807) is 18.3 Å². The Morgan fingerprint density at radius 3 is 3.04 bits per heavy atom. The van der Waals surface area contributed by atoms with Crippen LogP contribution in [0.3, 0.4) is 0 Å². The second-order valence-electron chi connectivity index (χ2n) is 5.51. The fourth-order valence-electron chi connectivity index (χ4n) is 2.85. The molecule has 1 N–H and O–H groups in total. The van der Waals surface area contributed by atoms with Gasteiger partial charge in [0.15, 0.2) is 0 Å². The smallest absolute Gasteiger partial charge is 0.252 e. The molecule has 0 radical (unpaired) electrons. The third kappa shape index (κ3) is 3.85. The number of nitrogens with one attached hydrogen (secondary N) is 1. The van der Waals surface area contributed by atoms with Crippen LogP contribution < -0.4 is 10.2 Å². The van der Waals surface area contributed by atoms with Crippen molar-refractivity contribution >= 4 is 39.3 Å².